The summed E-state index contributed by atoms with van der Waals surface area (Å²) in [6, 6.07) is 5.31. The number of aromatic nitrogens is 1. The van der Waals surface area contributed by atoms with Gasteiger partial charge in [0.15, 0.2) is 5.13 Å². The number of benzene rings is 1. The number of thiazole rings is 1. The fourth-order valence-electron chi connectivity index (χ4n) is 2.98. The summed E-state index contributed by atoms with van der Waals surface area (Å²) >= 11 is 1.21. The number of unbranched alkanes of at least 4 members (excludes halogenated alkanes) is 5. The van der Waals surface area contributed by atoms with Gasteiger partial charge in [-0.15, -0.1) is 0 Å². The lowest BCUT2D eigenvalue weighted by Gasteiger charge is -2.13. The normalized spacial score (nSPS) is 10.6. The first kappa shape index (κ1) is 23.6. The number of aryl methyl sites for hydroxylation is 1. The van der Waals surface area contributed by atoms with Gasteiger partial charge in [-0.25, -0.2) is 4.98 Å². The Bertz CT molecular complexity index is 833. The molecule has 0 bridgehead atoms. The predicted molar refractivity (Wildman–Crippen MR) is 125 cm³/mol. The van der Waals surface area contributed by atoms with E-state index in [0.29, 0.717) is 27.1 Å². The summed E-state index contributed by atoms with van der Waals surface area (Å²) in [5, 5.41) is 9.83. The summed E-state index contributed by atoms with van der Waals surface area (Å²) in [5.74, 6) is -0.593. The van der Waals surface area contributed by atoms with Crippen LogP contribution >= 0.6 is 11.3 Å². The Morgan fingerprint density at radius 3 is 2.40 bits per heavy atom. The lowest BCUT2D eigenvalue weighted by atomic mass is 10.1. The molecule has 30 heavy (non-hydrogen) atoms. The zero-order valence-electron chi connectivity index (χ0n) is 17.7. The van der Waals surface area contributed by atoms with E-state index in [1.165, 1.54) is 37.5 Å². The summed E-state index contributed by atoms with van der Waals surface area (Å²) in [4.78, 5) is 28.5. The van der Waals surface area contributed by atoms with Crippen LogP contribution < -0.4 is 27.4 Å². The first-order valence-corrected chi connectivity index (χ1v) is 11.1. The van der Waals surface area contributed by atoms with Crippen LogP contribution in [0, 0.1) is 6.92 Å². The Labute approximate surface area is 181 Å². The van der Waals surface area contributed by atoms with Gasteiger partial charge in [0.25, 0.3) is 5.91 Å². The monoisotopic (exact) mass is 432 g/mol. The van der Waals surface area contributed by atoms with Gasteiger partial charge in [0.1, 0.15) is 5.00 Å². The van der Waals surface area contributed by atoms with Gasteiger partial charge in [-0.05, 0) is 44.5 Å². The summed E-state index contributed by atoms with van der Waals surface area (Å²) in [5.41, 5.74) is 13.7. The van der Waals surface area contributed by atoms with Gasteiger partial charge in [0.2, 0.25) is 5.91 Å². The predicted octanol–water partition coefficient (Wildman–Crippen LogP) is 3.96. The van der Waals surface area contributed by atoms with Crippen LogP contribution in [0.15, 0.2) is 18.2 Å². The van der Waals surface area contributed by atoms with Crippen molar-refractivity contribution in [3.8, 4) is 0 Å². The molecule has 2 aromatic rings. The average Bonchev–Trinajstić information content (AvgIpc) is 3.00. The second-order valence-electron chi connectivity index (χ2n) is 7.20. The number of carbonyl (C=O) groups excluding carboxylic acids is 2. The molecule has 0 aliphatic heterocycles. The number of nitrogens with zero attached hydrogens (tertiary/aromatic N) is 1. The van der Waals surface area contributed by atoms with E-state index in [-0.39, 0.29) is 11.8 Å². The standard InChI is InChI=1S/C21H32N6O2S/c1-14-19(23)30-21(25-14)27-20(29)17-10-9-16(13-18(17)26-15(2)28)24-12-8-6-4-3-5-7-11-22/h9-10,13,24H,3-8,11-12,22-23H2,1-2H3,(H,26,28)(H,25,27,29). The maximum atomic E-state index is 12.7. The second kappa shape index (κ2) is 12.1. The molecular weight excluding hydrogens is 400 g/mol. The first-order chi connectivity index (χ1) is 14.4. The van der Waals surface area contributed by atoms with Crippen molar-refractivity contribution in [1.82, 2.24) is 4.98 Å². The van der Waals surface area contributed by atoms with Crippen LogP contribution in [0.2, 0.25) is 0 Å². The van der Waals surface area contributed by atoms with Crippen molar-refractivity contribution in [1.29, 1.82) is 0 Å². The van der Waals surface area contributed by atoms with Crippen LogP contribution in [0.25, 0.3) is 0 Å². The number of nitrogens with one attached hydrogen (secondary N) is 3. The first-order valence-electron chi connectivity index (χ1n) is 10.3. The van der Waals surface area contributed by atoms with Gasteiger partial charge in [-0.2, -0.15) is 0 Å². The maximum absolute atomic E-state index is 12.7. The molecule has 2 rings (SSSR count). The van der Waals surface area contributed by atoms with Crippen molar-refractivity contribution in [2.75, 3.05) is 34.8 Å². The van der Waals surface area contributed by atoms with Crippen LogP contribution in [0.4, 0.5) is 21.5 Å². The van der Waals surface area contributed by atoms with E-state index in [0.717, 1.165) is 38.0 Å². The zero-order chi connectivity index (χ0) is 21.9. The molecule has 2 amide bonds. The number of carbonyl (C=O) groups is 2. The molecule has 7 N–H and O–H groups in total. The largest absolute Gasteiger partial charge is 0.389 e. The highest BCUT2D eigenvalue weighted by atomic mass is 32.1. The van der Waals surface area contributed by atoms with E-state index in [1.54, 1.807) is 19.1 Å². The number of hydrogen-bond donors (Lipinski definition) is 5. The smallest absolute Gasteiger partial charge is 0.259 e. The van der Waals surface area contributed by atoms with Gasteiger partial charge < -0.3 is 22.1 Å². The van der Waals surface area contributed by atoms with Crippen molar-refractivity contribution in [2.45, 2.75) is 52.4 Å². The van der Waals surface area contributed by atoms with Gasteiger partial charge in [-0.1, -0.05) is 37.0 Å². The van der Waals surface area contributed by atoms with E-state index >= 15 is 0 Å². The molecule has 0 saturated heterocycles. The van der Waals surface area contributed by atoms with Crippen molar-refractivity contribution >= 4 is 44.7 Å². The van der Waals surface area contributed by atoms with E-state index in [9.17, 15) is 9.59 Å². The minimum Gasteiger partial charge on any atom is -0.389 e. The summed E-state index contributed by atoms with van der Waals surface area (Å²) in [6.45, 7) is 4.80. The maximum Gasteiger partial charge on any atom is 0.259 e. The third-order valence-corrected chi connectivity index (χ3v) is 5.49. The zero-order valence-corrected chi connectivity index (χ0v) is 18.5. The van der Waals surface area contributed by atoms with Gasteiger partial charge >= 0.3 is 0 Å². The minimum absolute atomic E-state index is 0.243. The molecule has 0 radical (unpaired) electrons. The Kier molecular flexibility index (Phi) is 9.56. The molecule has 0 fully saturated rings. The third-order valence-electron chi connectivity index (χ3n) is 4.59. The summed E-state index contributed by atoms with van der Waals surface area (Å²) < 4.78 is 0. The highest BCUT2D eigenvalue weighted by molar-refractivity contribution is 7.19. The summed E-state index contributed by atoms with van der Waals surface area (Å²) in [6.07, 6.45) is 6.94. The Morgan fingerprint density at radius 1 is 1.07 bits per heavy atom. The van der Waals surface area contributed by atoms with Crippen LogP contribution in [-0.4, -0.2) is 29.9 Å². The van der Waals surface area contributed by atoms with Crippen LogP contribution in [0.5, 0.6) is 0 Å². The van der Waals surface area contributed by atoms with Crippen LogP contribution in [0.3, 0.4) is 0 Å². The number of nitrogen functional groups attached to an aromatic ring is 1. The molecule has 9 heteroatoms. The molecule has 0 aliphatic rings. The average molecular weight is 433 g/mol. The van der Waals surface area contributed by atoms with Gasteiger partial charge in [0, 0.05) is 19.2 Å². The number of hydrogen-bond acceptors (Lipinski definition) is 7. The number of rotatable bonds is 12. The quantitative estimate of drug-likeness (QED) is 0.322. The van der Waals surface area contributed by atoms with E-state index < -0.39 is 0 Å². The second-order valence-corrected chi connectivity index (χ2v) is 8.23. The number of anilines is 4. The van der Waals surface area contributed by atoms with Crippen molar-refractivity contribution < 1.29 is 9.59 Å². The Balaban J connectivity index is 1.95. The van der Waals surface area contributed by atoms with Crippen molar-refractivity contribution in [3.63, 3.8) is 0 Å². The highest BCUT2D eigenvalue weighted by Gasteiger charge is 2.16. The lowest BCUT2D eigenvalue weighted by Crippen LogP contribution is -2.17. The number of amides is 2. The fourth-order valence-corrected chi connectivity index (χ4v) is 3.71. The molecule has 0 unspecified atom stereocenters. The molecule has 1 aromatic carbocycles. The van der Waals surface area contributed by atoms with E-state index in [2.05, 4.69) is 20.9 Å². The topological polar surface area (TPSA) is 135 Å². The molecule has 0 aliphatic carbocycles. The summed E-state index contributed by atoms with van der Waals surface area (Å²) in [7, 11) is 0. The Hall–Kier alpha value is -2.65. The van der Waals surface area contributed by atoms with Gasteiger partial charge in [0.05, 0.1) is 16.9 Å². The molecule has 0 saturated carbocycles. The van der Waals surface area contributed by atoms with Crippen molar-refractivity contribution in [2.24, 2.45) is 5.73 Å². The molecule has 164 valence electrons. The SMILES string of the molecule is CC(=O)Nc1cc(NCCCCCCCCN)ccc1C(=O)Nc1nc(C)c(N)s1. The molecule has 1 heterocycles. The molecule has 0 atom stereocenters. The number of nitrogens with two attached hydrogens (primary N) is 2. The molecular formula is C21H32N6O2S. The lowest BCUT2D eigenvalue weighted by molar-refractivity contribution is -0.114. The van der Waals surface area contributed by atoms with Crippen LogP contribution in [0.1, 0.15) is 61.5 Å². The van der Waals surface area contributed by atoms with Gasteiger partial charge in [-0.3, -0.25) is 14.9 Å². The molecule has 1 aromatic heterocycles. The fraction of sp³-hybridized carbons (Fsp3) is 0.476. The van der Waals surface area contributed by atoms with Crippen LogP contribution in [-0.2, 0) is 4.79 Å². The Morgan fingerprint density at radius 2 is 1.77 bits per heavy atom. The third kappa shape index (κ3) is 7.64. The molecule has 8 nitrogen and oxygen atoms in total. The van der Waals surface area contributed by atoms with Crippen molar-refractivity contribution in [3.05, 3.63) is 29.5 Å². The highest BCUT2D eigenvalue weighted by Crippen LogP contribution is 2.27. The molecule has 0 spiro atoms. The van der Waals surface area contributed by atoms with E-state index in [1.807, 2.05) is 6.07 Å². The van der Waals surface area contributed by atoms with E-state index in [4.69, 9.17) is 11.5 Å². The minimum atomic E-state index is -0.350.